The van der Waals surface area contributed by atoms with Gasteiger partial charge in [-0.25, -0.2) is 0 Å². The molecule has 0 unspecified atom stereocenters. The number of thioether (sulfide) groups is 1. The van der Waals surface area contributed by atoms with Gasteiger partial charge in [-0.3, -0.25) is 0 Å². The third-order valence-corrected chi connectivity index (χ3v) is 18.4. The van der Waals surface area contributed by atoms with Crippen LogP contribution in [0.1, 0.15) is 0 Å². The van der Waals surface area contributed by atoms with Crippen LogP contribution < -0.4 is 0 Å². The average Bonchev–Trinajstić information content (AvgIpc) is 1.93. The average molecular weight is 295 g/mol. The largest absolute Gasteiger partial charge is 0.409 e. The van der Waals surface area contributed by atoms with Crippen LogP contribution in [0.4, 0.5) is 0 Å². The maximum absolute atomic E-state index is 6.73. The molecule has 0 radical (unpaired) electrons. The molecule has 0 aliphatic rings. The molecule has 0 fully saturated rings. The first kappa shape index (κ1) is 17.0. The third-order valence-electron chi connectivity index (χ3n) is 2.71. The topological polar surface area (TPSA) is 9.23 Å². The molecule has 0 saturated carbocycles. The second-order valence-corrected chi connectivity index (χ2v) is 24.6. The quantitative estimate of drug-likeness (QED) is 0.539. The van der Waals surface area contributed by atoms with Gasteiger partial charge >= 0.3 is 0 Å². The molecule has 98 valence electrons. The molecule has 0 aromatic carbocycles. The summed E-state index contributed by atoms with van der Waals surface area (Å²) in [6.45, 7) is 21.7. The SMILES string of the molecule is CSC(O[Si](C)(C)C)([Si](C)(C)C)[Si](C)(C)C. The van der Waals surface area contributed by atoms with Gasteiger partial charge in [0.15, 0.2) is 8.32 Å². The molecule has 0 saturated heterocycles. The second kappa shape index (κ2) is 4.91. The first-order valence-corrected chi connectivity index (χ1v) is 17.7. The lowest BCUT2D eigenvalue weighted by atomic mass is 11.5. The van der Waals surface area contributed by atoms with E-state index in [9.17, 15) is 0 Å². The van der Waals surface area contributed by atoms with E-state index in [1.54, 1.807) is 0 Å². The van der Waals surface area contributed by atoms with Crippen LogP contribution in [0.25, 0.3) is 0 Å². The molecule has 0 amide bonds. The van der Waals surface area contributed by atoms with Crippen molar-refractivity contribution in [2.24, 2.45) is 0 Å². The van der Waals surface area contributed by atoms with Gasteiger partial charge in [0, 0.05) is 0 Å². The molecule has 0 aromatic rings. The van der Waals surface area contributed by atoms with Crippen LogP contribution in [-0.4, -0.2) is 34.9 Å². The van der Waals surface area contributed by atoms with Crippen LogP contribution >= 0.6 is 11.8 Å². The summed E-state index contributed by atoms with van der Waals surface area (Å²) in [5, 5.41) is 0. The lowest BCUT2D eigenvalue weighted by molar-refractivity contribution is 0.297. The Morgan fingerprint density at radius 1 is 0.750 bits per heavy atom. The Morgan fingerprint density at radius 3 is 1.12 bits per heavy atom. The Kier molecular flexibility index (Phi) is 5.21. The normalized spacial score (nSPS) is 15.4. The Hall–Kier alpha value is 0.961. The highest BCUT2D eigenvalue weighted by Gasteiger charge is 2.54. The summed E-state index contributed by atoms with van der Waals surface area (Å²) in [4.78, 5) is 0. The van der Waals surface area contributed by atoms with Crippen LogP contribution in [0, 0.1) is 0 Å². The zero-order valence-electron chi connectivity index (χ0n) is 12.8. The molecule has 0 spiro atoms. The molecule has 0 atom stereocenters. The molecule has 0 aromatic heterocycles. The molecule has 16 heavy (non-hydrogen) atoms. The highest BCUT2D eigenvalue weighted by molar-refractivity contribution is 8.03. The summed E-state index contributed by atoms with van der Waals surface area (Å²) in [5.41, 5.74) is 0. The summed E-state index contributed by atoms with van der Waals surface area (Å²) in [7, 11) is -4.17. The molecule has 0 aliphatic heterocycles. The first-order chi connectivity index (χ1) is 6.77. The van der Waals surface area contributed by atoms with E-state index < -0.39 is 24.5 Å². The highest BCUT2D eigenvalue weighted by atomic mass is 32.2. The molecule has 0 heterocycles. The summed E-state index contributed by atoms with van der Waals surface area (Å²) < 4.78 is 6.89. The Morgan fingerprint density at radius 2 is 1.06 bits per heavy atom. The number of hydrogen-bond acceptors (Lipinski definition) is 2. The zero-order chi connectivity index (χ0) is 13.4. The van der Waals surface area contributed by atoms with Gasteiger partial charge in [0.1, 0.15) is 0 Å². The Labute approximate surface area is 110 Å². The molecular formula is C11H30OSSi3. The molecule has 1 nitrogen and oxygen atoms in total. The standard InChI is InChI=1S/C11H30OSSi3/c1-13-11(14(2,3)4,15(5,6)7)12-16(8,9)10/h1-10H3. The third kappa shape index (κ3) is 3.73. The molecule has 0 N–H and O–H groups in total. The Bertz CT molecular complexity index is 221. The zero-order valence-corrected chi connectivity index (χ0v) is 16.6. The molecule has 0 aliphatic carbocycles. The highest BCUT2D eigenvalue weighted by Crippen LogP contribution is 2.44. The van der Waals surface area contributed by atoms with Crippen molar-refractivity contribution in [2.45, 2.75) is 63.1 Å². The van der Waals surface area contributed by atoms with Crippen molar-refractivity contribution in [2.75, 3.05) is 6.26 Å². The van der Waals surface area contributed by atoms with Gasteiger partial charge in [0.2, 0.25) is 0 Å². The van der Waals surface area contributed by atoms with E-state index >= 15 is 0 Å². The lowest BCUT2D eigenvalue weighted by Gasteiger charge is -2.53. The maximum atomic E-state index is 6.73. The lowest BCUT2D eigenvalue weighted by Crippen LogP contribution is -2.68. The van der Waals surface area contributed by atoms with E-state index in [1.165, 1.54) is 0 Å². The fourth-order valence-electron chi connectivity index (χ4n) is 2.52. The fourth-order valence-corrected chi connectivity index (χ4v) is 22.6. The summed E-state index contributed by atoms with van der Waals surface area (Å²) in [6.07, 6.45) is 2.25. The summed E-state index contributed by atoms with van der Waals surface area (Å²) in [5.74, 6) is 0. The molecule has 0 bridgehead atoms. The molecule has 0 rings (SSSR count). The van der Waals surface area contributed by atoms with Crippen molar-refractivity contribution < 1.29 is 4.43 Å². The van der Waals surface area contributed by atoms with Crippen molar-refractivity contribution in [3.8, 4) is 0 Å². The van der Waals surface area contributed by atoms with Crippen molar-refractivity contribution in [1.29, 1.82) is 0 Å². The minimum Gasteiger partial charge on any atom is -0.409 e. The predicted octanol–water partition coefficient (Wildman–Crippen LogP) is 4.65. The van der Waals surface area contributed by atoms with Crippen LogP contribution in [0.5, 0.6) is 0 Å². The van der Waals surface area contributed by atoms with Gasteiger partial charge in [-0.05, 0) is 25.9 Å². The number of rotatable bonds is 5. The van der Waals surface area contributed by atoms with E-state index in [0.717, 1.165) is 0 Å². The van der Waals surface area contributed by atoms with Gasteiger partial charge in [-0.1, -0.05) is 39.3 Å². The van der Waals surface area contributed by atoms with Crippen molar-refractivity contribution in [1.82, 2.24) is 0 Å². The van der Waals surface area contributed by atoms with Crippen LogP contribution in [0.15, 0.2) is 0 Å². The second-order valence-electron chi connectivity index (χ2n) is 7.54. The van der Waals surface area contributed by atoms with Gasteiger partial charge in [0.05, 0.1) is 20.3 Å². The number of hydrogen-bond donors (Lipinski definition) is 0. The van der Waals surface area contributed by atoms with Crippen molar-refractivity contribution in [3.63, 3.8) is 0 Å². The van der Waals surface area contributed by atoms with Crippen LogP contribution in [0.2, 0.25) is 58.9 Å². The predicted molar refractivity (Wildman–Crippen MR) is 87.4 cm³/mol. The monoisotopic (exact) mass is 294 g/mol. The van der Waals surface area contributed by atoms with Gasteiger partial charge in [0.25, 0.3) is 0 Å². The van der Waals surface area contributed by atoms with E-state index in [4.69, 9.17) is 4.43 Å². The smallest absolute Gasteiger partial charge is 0.184 e. The minimum absolute atomic E-state index is 0.157. The summed E-state index contributed by atoms with van der Waals surface area (Å²) >= 11 is 1.99. The van der Waals surface area contributed by atoms with Crippen LogP contribution in [-0.2, 0) is 4.43 Å². The maximum Gasteiger partial charge on any atom is 0.184 e. The van der Waals surface area contributed by atoms with Crippen LogP contribution in [0.3, 0.4) is 0 Å². The van der Waals surface area contributed by atoms with E-state index in [0.29, 0.717) is 0 Å². The minimum atomic E-state index is -1.48. The first-order valence-electron chi connectivity index (χ1n) is 6.02. The van der Waals surface area contributed by atoms with Gasteiger partial charge in [-0.15, -0.1) is 11.8 Å². The summed E-state index contributed by atoms with van der Waals surface area (Å²) in [6, 6.07) is 0. The van der Waals surface area contributed by atoms with Gasteiger partial charge < -0.3 is 4.43 Å². The van der Waals surface area contributed by atoms with Gasteiger partial charge in [-0.2, -0.15) is 0 Å². The van der Waals surface area contributed by atoms with Crippen molar-refractivity contribution in [3.05, 3.63) is 0 Å². The van der Waals surface area contributed by atoms with E-state index in [2.05, 4.69) is 65.2 Å². The molecular weight excluding hydrogens is 264 g/mol. The van der Waals surface area contributed by atoms with E-state index in [1.807, 2.05) is 11.8 Å². The van der Waals surface area contributed by atoms with E-state index in [-0.39, 0.29) is 4.18 Å². The molecule has 5 heteroatoms. The van der Waals surface area contributed by atoms with Crippen molar-refractivity contribution >= 4 is 36.2 Å². The Balaban J connectivity index is 5.51. The fraction of sp³-hybridized carbons (Fsp3) is 1.00.